The summed E-state index contributed by atoms with van der Waals surface area (Å²) in [6.45, 7) is 9.86. The zero-order chi connectivity index (χ0) is 18.4. The molecule has 25 heavy (non-hydrogen) atoms. The normalized spacial score (nSPS) is 11.6. The van der Waals surface area contributed by atoms with Gasteiger partial charge in [-0.05, 0) is 46.8 Å². The molecule has 0 aliphatic heterocycles. The maximum atomic E-state index is 11.6. The van der Waals surface area contributed by atoms with Crippen LogP contribution in [0, 0.1) is 0 Å². The summed E-state index contributed by atoms with van der Waals surface area (Å²) in [7, 11) is 0. The summed E-state index contributed by atoms with van der Waals surface area (Å²) < 4.78 is 20.8. The second-order valence-electron chi connectivity index (χ2n) is 6.72. The van der Waals surface area contributed by atoms with Crippen LogP contribution in [0.15, 0.2) is 38.3 Å². The van der Waals surface area contributed by atoms with Crippen molar-refractivity contribution >= 4 is 17.9 Å². The Hall–Kier alpha value is -2.02. The van der Waals surface area contributed by atoms with Gasteiger partial charge < -0.3 is 14.8 Å². The Labute approximate surface area is 152 Å². The number of carbonyl (C=O) groups is 1. The monoisotopic (exact) mass is 367 g/mol. The van der Waals surface area contributed by atoms with Crippen molar-refractivity contribution in [3.05, 3.63) is 24.3 Å². The molecule has 0 aliphatic rings. The predicted molar refractivity (Wildman–Crippen MR) is 97.1 cm³/mol. The molecule has 2 rings (SSSR count). The largest absolute Gasteiger partial charge is 0.457 e. The summed E-state index contributed by atoms with van der Waals surface area (Å²) in [4.78, 5) is 12.7. The van der Waals surface area contributed by atoms with Crippen molar-refractivity contribution < 1.29 is 23.4 Å². The molecule has 6 nitrogen and oxygen atoms in total. The van der Waals surface area contributed by atoms with Gasteiger partial charge in [0.15, 0.2) is 0 Å². The average Bonchev–Trinajstić information content (AvgIpc) is 2.48. The van der Waals surface area contributed by atoms with E-state index in [1.54, 1.807) is 11.8 Å². The molecule has 1 aromatic carbocycles. The van der Waals surface area contributed by atoms with Crippen molar-refractivity contribution in [2.75, 3.05) is 12.3 Å². The third kappa shape index (κ3) is 6.08. The van der Waals surface area contributed by atoms with Gasteiger partial charge in [-0.2, -0.15) is 0 Å². The molecule has 0 saturated heterocycles. The van der Waals surface area contributed by atoms with Crippen LogP contribution in [-0.2, 0) is 4.74 Å². The minimum atomic E-state index is -0.495. The van der Waals surface area contributed by atoms with Crippen molar-refractivity contribution in [1.29, 1.82) is 0 Å². The standard InChI is InChI=1S/C18H25NO5S/c1-12(2)21-16-15(23-24-16)13-8-6-7-9-14(13)25-11-10-19-17(20)22-18(3,4)5/h6-9,12H,10-11H2,1-5H3,(H,19,20). The first kappa shape index (κ1) is 19.3. The second-order valence-corrected chi connectivity index (χ2v) is 7.86. The zero-order valence-electron chi connectivity index (χ0n) is 15.3. The third-order valence-electron chi connectivity index (χ3n) is 2.89. The quantitative estimate of drug-likeness (QED) is 0.424. The Balaban J connectivity index is 1.90. The van der Waals surface area contributed by atoms with E-state index in [0.29, 0.717) is 24.0 Å². The van der Waals surface area contributed by atoms with E-state index in [9.17, 15) is 4.79 Å². The first-order valence-corrected chi connectivity index (χ1v) is 9.19. The summed E-state index contributed by atoms with van der Waals surface area (Å²) >= 11 is 1.61. The number of hydrogen-bond acceptors (Lipinski definition) is 6. The van der Waals surface area contributed by atoms with E-state index in [1.807, 2.05) is 58.9 Å². The summed E-state index contributed by atoms with van der Waals surface area (Å²) in [6.07, 6.45) is -0.404. The van der Waals surface area contributed by atoms with Gasteiger partial charge in [0.05, 0.1) is 6.10 Å². The lowest BCUT2D eigenvalue weighted by Gasteiger charge is -2.19. The van der Waals surface area contributed by atoms with Crippen molar-refractivity contribution in [3.63, 3.8) is 0 Å². The number of amides is 1. The van der Waals surface area contributed by atoms with E-state index in [0.717, 1.165) is 10.5 Å². The molecule has 1 amide bonds. The van der Waals surface area contributed by atoms with Gasteiger partial charge >= 0.3 is 12.0 Å². The molecule has 0 atom stereocenters. The molecule has 7 heteroatoms. The van der Waals surface area contributed by atoms with Crippen LogP contribution in [0.2, 0.25) is 0 Å². The lowest BCUT2D eigenvalue weighted by molar-refractivity contribution is -0.0421. The molecule has 0 spiro atoms. The topological polar surface area (TPSA) is 73.8 Å². The molecular weight excluding hydrogens is 342 g/mol. The molecule has 0 aliphatic carbocycles. The smallest absolute Gasteiger partial charge is 0.407 e. The highest BCUT2D eigenvalue weighted by Gasteiger charge is 2.23. The number of alkyl carbamates (subject to hydrolysis) is 1. The molecule has 2 aromatic rings. The van der Waals surface area contributed by atoms with E-state index >= 15 is 0 Å². The molecule has 0 bridgehead atoms. The molecule has 138 valence electrons. The Morgan fingerprint density at radius 2 is 1.96 bits per heavy atom. The highest BCUT2D eigenvalue weighted by molar-refractivity contribution is 7.99. The van der Waals surface area contributed by atoms with E-state index in [-0.39, 0.29) is 6.10 Å². The lowest BCUT2D eigenvalue weighted by atomic mass is 10.2. The van der Waals surface area contributed by atoms with Crippen LogP contribution < -0.4 is 10.1 Å². The van der Waals surface area contributed by atoms with Crippen LogP contribution in [0.25, 0.3) is 11.3 Å². The van der Waals surface area contributed by atoms with Crippen molar-refractivity contribution in [2.24, 2.45) is 0 Å². The number of nitrogens with one attached hydrogen (secondary N) is 1. The second kappa shape index (κ2) is 8.38. The van der Waals surface area contributed by atoms with E-state index in [2.05, 4.69) is 5.32 Å². The third-order valence-corrected chi connectivity index (χ3v) is 3.96. The van der Waals surface area contributed by atoms with Crippen molar-refractivity contribution in [2.45, 2.75) is 51.2 Å². The van der Waals surface area contributed by atoms with Crippen LogP contribution in [0.5, 0.6) is 5.95 Å². The van der Waals surface area contributed by atoms with Crippen molar-refractivity contribution in [1.82, 2.24) is 5.32 Å². The average molecular weight is 367 g/mol. The van der Waals surface area contributed by atoms with Gasteiger partial charge in [0, 0.05) is 22.8 Å². The number of carbonyl (C=O) groups excluding carboxylic acids is 1. The highest BCUT2D eigenvalue weighted by Crippen LogP contribution is 2.40. The predicted octanol–water partition coefficient (Wildman–Crippen LogP) is 4.94. The van der Waals surface area contributed by atoms with Crippen LogP contribution in [0.1, 0.15) is 34.6 Å². The molecule has 1 aromatic heterocycles. The van der Waals surface area contributed by atoms with Crippen LogP contribution >= 0.6 is 11.8 Å². The SMILES string of the molecule is CC(C)Oc1ooc1-c1ccccc1SCCNC(=O)OC(C)(C)C. The van der Waals surface area contributed by atoms with E-state index < -0.39 is 11.7 Å². The Kier molecular flexibility index (Phi) is 6.47. The Bertz CT molecular complexity index is 684. The first-order chi connectivity index (χ1) is 11.8. The molecule has 1 N–H and O–H groups in total. The van der Waals surface area contributed by atoms with E-state index in [1.165, 1.54) is 0 Å². The molecule has 0 saturated carbocycles. The number of ether oxygens (including phenoxy) is 2. The summed E-state index contributed by atoms with van der Waals surface area (Å²) in [5, 5.41) is 2.75. The summed E-state index contributed by atoms with van der Waals surface area (Å²) in [5.74, 6) is 1.69. The molecule has 0 unspecified atom stereocenters. The van der Waals surface area contributed by atoms with Crippen molar-refractivity contribution in [3.8, 4) is 17.3 Å². The van der Waals surface area contributed by atoms with Crippen LogP contribution in [0.3, 0.4) is 0 Å². The molecular formula is C18H25NO5S. The Morgan fingerprint density at radius 1 is 1.24 bits per heavy atom. The van der Waals surface area contributed by atoms with Gasteiger partial charge in [-0.3, -0.25) is 4.58 Å². The maximum Gasteiger partial charge on any atom is 0.407 e. The van der Waals surface area contributed by atoms with E-state index in [4.69, 9.17) is 18.6 Å². The number of hydrogen-bond donors (Lipinski definition) is 1. The number of thioether (sulfide) groups is 1. The number of benzene rings is 1. The van der Waals surface area contributed by atoms with Gasteiger partial charge in [-0.1, -0.05) is 12.1 Å². The van der Waals surface area contributed by atoms with Gasteiger partial charge in [-0.15, -0.1) is 11.8 Å². The molecule has 0 fully saturated rings. The lowest BCUT2D eigenvalue weighted by Crippen LogP contribution is -2.33. The fourth-order valence-corrected chi connectivity index (χ4v) is 2.88. The Morgan fingerprint density at radius 3 is 2.56 bits per heavy atom. The van der Waals surface area contributed by atoms with Gasteiger partial charge in [-0.25, -0.2) is 9.37 Å². The zero-order valence-corrected chi connectivity index (χ0v) is 16.1. The maximum absolute atomic E-state index is 11.6. The van der Waals surface area contributed by atoms with Gasteiger partial charge in [0.2, 0.25) is 0 Å². The van der Waals surface area contributed by atoms with Crippen LogP contribution in [-0.4, -0.2) is 30.1 Å². The number of rotatable bonds is 7. The molecule has 1 heterocycles. The minimum Gasteiger partial charge on any atom is -0.457 e. The van der Waals surface area contributed by atoms with Gasteiger partial charge in [0.25, 0.3) is 5.76 Å². The minimum absolute atomic E-state index is 0.00624. The van der Waals surface area contributed by atoms with Crippen LogP contribution in [0.4, 0.5) is 4.79 Å². The van der Waals surface area contributed by atoms with Gasteiger partial charge in [0.1, 0.15) is 5.60 Å². The fourth-order valence-electron chi connectivity index (χ4n) is 1.97. The highest BCUT2D eigenvalue weighted by atomic mass is 32.2. The fraction of sp³-hybridized carbons (Fsp3) is 0.500. The molecule has 0 radical (unpaired) electrons. The summed E-state index contributed by atoms with van der Waals surface area (Å²) in [6, 6.07) is 7.83. The summed E-state index contributed by atoms with van der Waals surface area (Å²) in [5.41, 5.74) is 0.414. The first-order valence-electron chi connectivity index (χ1n) is 8.21.